The number of benzene rings is 1. The zero-order valence-corrected chi connectivity index (χ0v) is 16.9. The highest BCUT2D eigenvalue weighted by Gasteiger charge is 2.29. The summed E-state index contributed by atoms with van der Waals surface area (Å²) in [4.78, 5) is 21.1. The van der Waals surface area contributed by atoms with Crippen LogP contribution < -0.4 is 16.4 Å². The zero-order chi connectivity index (χ0) is 21.1. The minimum absolute atomic E-state index is 0.00512. The molecule has 0 aliphatic heterocycles. The Labute approximate surface area is 175 Å². The van der Waals surface area contributed by atoms with Crippen LogP contribution in [0.1, 0.15) is 18.4 Å². The summed E-state index contributed by atoms with van der Waals surface area (Å²) in [6, 6.07) is 13.4. The molecular weight excluding hydrogens is 378 g/mol. The number of rotatable bonds is 7. The van der Waals surface area contributed by atoms with Gasteiger partial charge in [-0.15, -0.1) is 0 Å². The van der Waals surface area contributed by atoms with Gasteiger partial charge in [0, 0.05) is 29.9 Å². The minimum Gasteiger partial charge on any atom is -0.399 e. The fraction of sp³-hybridized carbons (Fsp3) is 0.261. The molecule has 1 amide bonds. The summed E-state index contributed by atoms with van der Waals surface area (Å²) in [5.74, 6) is 1.29. The number of nitrogen functional groups attached to an aromatic ring is 1. The summed E-state index contributed by atoms with van der Waals surface area (Å²) in [6.45, 7) is 2.43. The number of carbonyl (C=O) groups is 1. The number of nitrogens with one attached hydrogen (secondary N) is 2. The molecule has 0 unspecified atom stereocenters. The standard InChI is InChI=1S/C23H25N5O2/c1-14-2-5-18(24)13-19(14)17-10-20(27-21(12-17)26-8-9-29)16-6-7-25-22(11-16)28-23(30)15-3-4-15/h2,5-7,10-13,15,29H,3-4,8-9,24H2,1H3,(H,26,27)(H,25,28,30). The van der Waals surface area contributed by atoms with Crippen LogP contribution in [-0.4, -0.2) is 34.1 Å². The first kappa shape index (κ1) is 19.8. The lowest BCUT2D eigenvalue weighted by atomic mass is 9.98. The summed E-state index contributed by atoms with van der Waals surface area (Å²) in [5, 5.41) is 15.2. The lowest BCUT2D eigenvalue weighted by Gasteiger charge is -2.13. The van der Waals surface area contributed by atoms with Gasteiger partial charge in [-0.2, -0.15) is 0 Å². The van der Waals surface area contributed by atoms with Gasteiger partial charge in [0.15, 0.2) is 0 Å². The van der Waals surface area contributed by atoms with E-state index < -0.39 is 0 Å². The fourth-order valence-electron chi connectivity index (χ4n) is 3.29. The van der Waals surface area contributed by atoms with Gasteiger partial charge >= 0.3 is 0 Å². The highest BCUT2D eigenvalue weighted by atomic mass is 16.3. The van der Waals surface area contributed by atoms with Gasteiger partial charge in [0.25, 0.3) is 0 Å². The zero-order valence-electron chi connectivity index (χ0n) is 16.9. The topological polar surface area (TPSA) is 113 Å². The number of carbonyl (C=O) groups excluding carboxylic acids is 1. The fourth-order valence-corrected chi connectivity index (χ4v) is 3.29. The van der Waals surface area contributed by atoms with Gasteiger partial charge < -0.3 is 21.5 Å². The van der Waals surface area contributed by atoms with Gasteiger partial charge in [-0.05, 0) is 72.9 Å². The Hall–Kier alpha value is -3.45. The molecule has 0 bridgehead atoms. The van der Waals surface area contributed by atoms with Crippen LogP contribution in [0.3, 0.4) is 0 Å². The van der Waals surface area contributed by atoms with E-state index in [0.29, 0.717) is 23.9 Å². The third kappa shape index (κ3) is 4.58. The maximum absolute atomic E-state index is 12.1. The lowest BCUT2D eigenvalue weighted by Crippen LogP contribution is -2.14. The van der Waals surface area contributed by atoms with Crippen LogP contribution in [0.4, 0.5) is 17.3 Å². The molecule has 1 aromatic carbocycles. The van der Waals surface area contributed by atoms with E-state index in [1.54, 1.807) is 6.20 Å². The van der Waals surface area contributed by atoms with E-state index in [9.17, 15) is 9.90 Å². The number of amides is 1. The molecule has 30 heavy (non-hydrogen) atoms. The largest absolute Gasteiger partial charge is 0.399 e. The highest BCUT2D eigenvalue weighted by Crippen LogP contribution is 2.32. The van der Waals surface area contributed by atoms with Crippen LogP contribution in [-0.2, 0) is 4.79 Å². The molecule has 7 nitrogen and oxygen atoms in total. The third-order valence-electron chi connectivity index (χ3n) is 5.07. The molecule has 0 atom stereocenters. The second-order valence-corrected chi connectivity index (χ2v) is 7.54. The normalized spacial score (nSPS) is 13.1. The first-order valence-corrected chi connectivity index (χ1v) is 10.0. The molecule has 0 spiro atoms. The van der Waals surface area contributed by atoms with Crippen molar-refractivity contribution >= 4 is 23.2 Å². The lowest BCUT2D eigenvalue weighted by molar-refractivity contribution is -0.117. The Balaban J connectivity index is 1.73. The first-order chi connectivity index (χ1) is 14.5. The van der Waals surface area contributed by atoms with Crippen molar-refractivity contribution in [1.82, 2.24) is 9.97 Å². The van der Waals surface area contributed by atoms with Crippen molar-refractivity contribution in [3.63, 3.8) is 0 Å². The second kappa shape index (κ2) is 8.51. The average Bonchev–Trinajstić information content (AvgIpc) is 3.59. The Morgan fingerprint density at radius 2 is 1.93 bits per heavy atom. The molecule has 1 saturated carbocycles. The molecule has 2 heterocycles. The van der Waals surface area contributed by atoms with Crippen LogP contribution in [0.5, 0.6) is 0 Å². The highest BCUT2D eigenvalue weighted by molar-refractivity contribution is 5.93. The molecular formula is C23H25N5O2. The van der Waals surface area contributed by atoms with Crippen molar-refractivity contribution in [2.24, 2.45) is 5.92 Å². The summed E-state index contributed by atoms with van der Waals surface area (Å²) in [7, 11) is 0. The Kier molecular flexibility index (Phi) is 5.63. The maximum Gasteiger partial charge on any atom is 0.228 e. The van der Waals surface area contributed by atoms with Gasteiger partial charge in [-0.3, -0.25) is 4.79 Å². The van der Waals surface area contributed by atoms with Crippen molar-refractivity contribution in [1.29, 1.82) is 0 Å². The van der Waals surface area contributed by atoms with Crippen LogP contribution in [0, 0.1) is 12.8 Å². The van der Waals surface area contributed by atoms with Crippen LogP contribution in [0.2, 0.25) is 0 Å². The van der Waals surface area contributed by atoms with E-state index in [1.165, 1.54) is 0 Å². The summed E-state index contributed by atoms with van der Waals surface area (Å²) < 4.78 is 0. The molecule has 154 valence electrons. The number of nitrogens with two attached hydrogens (primary N) is 1. The van der Waals surface area contributed by atoms with Gasteiger partial charge in [0.05, 0.1) is 12.3 Å². The molecule has 0 radical (unpaired) electrons. The minimum atomic E-state index is 0.00512. The molecule has 2 aromatic heterocycles. The van der Waals surface area contributed by atoms with E-state index in [4.69, 9.17) is 10.7 Å². The molecule has 1 aliphatic rings. The number of aliphatic hydroxyl groups excluding tert-OH is 1. The number of hydrogen-bond acceptors (Lipinski definition) is 6. The predicted molar refractivity (Wildman–Crippen MR) is 119 cm³/mol. The second-order valence-electron chi connectivity index (χ2n) is 7.54. The SMILES string of the molecule is Cc1ccc(N)cc1-c1cc(NCCO)nc(-c2ccnc(NC(=O)C3CC3)c2)c1. The predicted octanol–water partition coefficient (Wildman–Crippen LogP) is 3.45. The van der Waals surface area contributed by atoms with Gasteiger partial charge in [-0.1, -0.05) is 6.07 Å². The molecule has 7 heteroatoms. The number of anilines is 3. The van der Waals surface area contributed by atoms with E-state index >= 15 is 0 Å². The Morgan fingerprint density at radius 3 is 2.70 bits per heavy atom. The smallest absolute Gasteiger partial charge is 0.228 e. The number of pyridine rings is 2. The Bertz CT molecular complexity index is 1080. The van der Waals surface area contributed by atoms with Crippen molar-refractivity contribution in [2.75, 3.05) is 29.5 Å². The van der Waals surface area contributed by atoms with E-state index in [1.807, 2.05) is 49.4 Å². The van der Waals surface area contributed by atoms with Crippen LogP contribution in [0.25, 0.3) is 22.4 Å². The number of hydrogen-bond donors (Lipinski definition) is 4. The summed E-state index contributed by atoms with van der Waals surface area (Å²) in [5.41, 5.74) is 11.4. The molecule has 3 aromatic rings. The molecule has 1 fully saturated rings. The molecule has 0 saturated heterocycles. The quantitative estimate of drug-likeness (QED) is 0.450. The van der Waals surface area contributed by atoms with Crippen molar-refractivity contribution in [2.45, 2.75) is 19.8 Å². The number of aliphatic hydroxyl groups is 1. The number of aromatic nitrogens is 2. The molecule has 4 rings (SSSR count). The maximum atomic E-state index is 12.1. The molecule has 1 aliphatic carbocycles. The van der Waals surface area contributed by atoms with Gasteiger partial charge in [0.2, 0.25) is 5.91 Å². The van der Waals surface area contributed by atoms with Crippen molar-refractivity contribution in [3.05, 3.63) is 54.2 Å². The summed E-state index contributed by atoms with van der Waals surface area (Å²) >= 11 is 0. The first-order valence-electron chi connectivity index (χ1n) is 10.0. The summed E-state index contributed by atoms with van der Waals surface area (Å²) in [6.07, 6.45) is 3.54. The van der Waals surface area contributed by atoms with Crippen molar-refractivity contribution in [3.8, 4) is 22.4 Å². The van der Waals surface area contributed by atoms with Crippen molar-refractivity contribution < 1.29 is 9.90 Å². The Morgan fingerprint density at radius 1 is 1.13 bits per heavy atom. The van der Waals surface area contributed by atoms with Crippen LogP contribution in [0.15, 0.2) is 48.7 Å². The van der Waals surface area contributed by atoms with Gasteiger partial charge in [0.1, 0.15) is 11.6 Å². The van der Waals surface area contributed by atoms with E-state index in [0.717, 1.165) is 40.8 Å². The van der Waals surface area contributed by atoms with Gasteiger partial charge in [-0.25, -0.2) is 9.97 Å². The third-order valence-corrected chi connectivity index (χ3v) is 5.07. The van der Waals surface area contributed by atoms with Crippen LogP contribution >= 0.6 is 0 Å². The average molecular weight is 403 g/mol. The number of aryl methyl sites for hydroxylation is 1. The number of nitrogens with zero attached hydrogens (tertiary/aromatic N) is 2. The molecule has 5 N–H and O–H groups in total. The van der Waals surface area contributed by atoms with E-state index in [-0.39, 0.29) is 18.4 Å². The van der Waals surface area contributed by atoms with E-state index in [2.05, 4.69) is 15.6 Å². The monoisotopic (exact) mass is 403 g/mol.